The molecule has 0 unspecified atom stereocenters. The van der Waals surface area contributed by atoms with E-state index in [4.69, 9.17) is 10.9 Å². The molecular weight excluding hydrogens is 226 g/mol. The smallest absolute Gasteiger partial charge is 0.144 e. The van der Waals surface area contributed by atoms with E-state index in [2.05, 4.69) is 38.2 Å². The Morgan fingerprint density at radius 2 is 1.83 bits per heavy atom. The summed E-state index contributed by atoms with van der Waals surface area (Å²) in [6.07, 6.45) is 1.94. The van der Waals surface area contributed by atoms with Crippen LogP contribution in [0.5, 0.6) is 0 Å². The SMILES string of the molecule is CC(C)C(C)(C)CNCCCC(C)(C)C(N)=NO. The largest absolute Gasteiger partial charge is 0.409 e. The molecule has 108 valence electrons. The summed E-state index contributed by atoms with van der Waals surface area (Å²) in [6.45, 7) is 15.1. The molecule has 0 rings (SSSR count). The molecule has 0 spiro atoms. The predicted molar refractivity (Wildman–Crippen MR) is 77.9 cm³/mol. The molecule has 0 fully saturated rings. The first-order valence-electron chi connectivity index (χ1n) is 6.82. The van der Waals surface area contributed by atoms with Gasteiger partial charge in [-0.3, -0.25) is 0 Å². The van der Waals surface area contributed by atoms with Gasteiger partial charge in [0, 0.05) is 12.0 Å². The molecule has 0 amide bonds. The fourth-order valence-electron chi connectivity index (χ4n) is 1.53. The van der Waals surface area contributed by atoms with Gasteiger partial charge in [0.1, 0.15) is 5.84 Å². The number of nitrogens with zero attached hydrogens (tertiary/aromatic N) is 1. The normalized spacial score (nSPS) is 14.3. The number of nitrogens with one attached hydrogen (secondary N) is 1. The van der Waals surface area contributed by atoms with Crippen LogP contribution in [0.4, 0.5) is 0 Å². The lowest BCUT2D eigenvalue weighted by Crippen LogP contribution is -2.35. The van der Waals surface area contributed by atoms with Gasteiger partial charge in [0.25, 0.3) is 0 Å². The second-order valence-electron chi connectivity index (χ2n) is 6.79. The molecule has 0 saturated carbocycles. The van der Waals surface area contributed by atoms with Gasteiger partial charge in [-0.1, -0.05) is 46.7 Å². The van der Waals surface area contributed by atoms with Gasteiger partial charge >= 0.3 is 0 Å². The predicted octanol–water partition coefficient (Wildman–Crippen LogP) is 2.81. The van der Waals surface area contributed by atoms with E-state index in [1.165, 1.54) is 0 Å². The zero-order chi connectivity index (χ0) is 14.4. The Morgan fingerprint density at radius 3 is 2.28 bits per heavy atom. The summed E-state index contributed by atoms with van der Waals surface area (Å²) in [5, 5.41) is 15.3. The summed E-state index contributed by atoms with van der Waals surface area (Å²) in [7, 11) is 0. The highest BCUT2D eigenvalue weighted by Crippen LogP contribution is 2.25. The molecule has 0 aliphatic carbocycles. The third-order valence-corrected chi connectivity index (χ3v) is 4.10. The second kappa shape index (κ2) is 6.98. The molecule has 4 N–H and O–H groups in total. The molecule has 0 saturated heterocycles. The molecular formula is C14H31N3O. The van der Waals surface area contributed by atoms with Gasteiger partial charge in [0.2, 0.25) is 0 Å². The fraction of sp³-hybridized carbons (Fsp3) is 0.929. The van der Waals surface area contributed by atoms with Crippen LogP contribution >= 0.6 is 0 Å². The van der Waals surface area contributed by atoms with Gasteiger partial charge in [-0.25, -0.2) is 0 Å². The number of oxime groups is 1. The Kier molecular flexibility index (Phi) is 6.68. The monoisotopic (exact) mass is 257 g/mol. The molecule has 0 aliphatic heterocycles. The molecule has 18 heavy (non-hydrogen) atoms. The first-order chi connectivity index (χ1) is 8.13. The van der Waals surface area contributed by atoms with Gasteiger partial charge < -0.3 is 16.3 Å². The molecule has 0 radical (unpaired) electrons. The van der Waals surface area contributed by atoms with Crippen molar-refractivity contribution in [2.24, 2.45) is 27.6 Å². The van der Waals surface area contributed by atoms with E-state index in [-0.39, 0.29) is 5.41 Å². The topological polar surface area (TPSA) is 70.6 Å². The molecule has 0 aromatic rings. The molecule has 4 nitrogen and oxygen atoms in total. The van der Waals surface area contributed by atoms with E-state index in [1.54, 1.807) is 0 Å². The third kappa shape index (κ3) is 5.71. The fourth-order valence-corrected chi connectivity index (χ4v) is 1.53. The van der Waals surface area contributed by atoms with Gasteiger partial charge in [-0.05, 0) is 30.7 Å². The van der Waals surface area contributed by atoms with Crippen molar-refractivity contribution in [3.05, 3.63) is 0 Å². The van der Waals surface area contributed by atoms with Gasteiger partial charge in [0.15, 0.2) is 0 Å². The van der Waals surface area contributed by atoms with Crippen molar-refractivity contribution in [2.75, 3.05) is 13.1 Å². The summed E-state index contributed by atoms with van der Waals surface area (Å²) < 4.78 is 0. The Balaban J connectivity index is 3.89. The van der Waals surface area contributed by atoms with Crippen molar-refractivity contribution in [1.29, 1.82) is 0 Å². The Bertz CT molecular complexity index is 270. The van der Waals surface area contributed by atoms with Crippen molar-refractivity contribution >= 4 is 5.84 Å². The maximum absolute atomic E-state index is 8.69. The average molecular weight is 257 g/mol. The first-order valence-corrected chi connectivity index (χ1v) is 6.82. The van der Waals surface area contributed by atoms with Crippen LogP contribution in [0, 0.1) is 16.7 Å². The number of rotatable bonds is 8. The average Bonchev–Trinajstić information content (AvgIpc) is 2.26. The zero-order valence-corrected chi connectivity index (χ0v) is 12.9. The Hall–Kier alpha value is -0.770. The molecule has 0 aliphatic rings. The van der Waals surface area contributed by atoms with Crippen LogP contribution in [0.2, 0.25) is 0 Å². The molecule has 0 aromatic heterocycles. The van der Waals surface area contributed by atoms with Crippen LogP contribution in [0.3, 0.4) is 0 Å². The lowest BCUT2D eigenvalue weighted by molar-refractivity contribution is 0.237. The highest BCUT2D eigenvalue weighted by molar-refractivity contribution is 5.85. The molecule has 0 bridgehead atoms. The van der Waals surface area contributed by atoms with Crippen LogP contribution in [-0.4, -0.2) is 24.1 Å². The number of nitrogens with two attached hydrogens (primary N) is 1. The zero-order valence-electron chi connectivity index (χ0n) is 12.9. The maximum atomic E-state index is 8.69. The Labute approximate surface area is 112 Å². The van der Waals surface area contributed by atoms with Crippen molar-refractivity contribution < 1.29 is 5.21 Å². The maximum Gasteiger partial charge on any atom is 0.144 e. The number of amidine groups is 1. The van der Waals surface area contributed by atoms with Crippen LogP contribution in [0.1, 0.15) is 54.4 Å². The minimum atomic E-state index is -0.232. The standard InChI is InChI=1S/C14H31N3O/c1-11(2)14(5,6)10-16-9-7-8-13(3,4)12(15)17-18/h11,16,18H,7-10H2,1-6H3,(H2,15,17). The third-order valence-electron chi connectivity index (χ3n) is 4.10. The summed E-state index contributed by atoms with van der Waals surface area (Å²) in [6, 6.07) is 0. The molecule has 0 aromatic carbocycles. The van der Waals surface area contributed by atoms with Crippen LogP contribution in [0.25, 0.3) is 0 Å². The van der Waals surface area contributed by atoms with E-state index in [1.807, 2.05) is 13.8 Å². The molecule has 4 heteroatoms. The minimum Gasteiger partial charge on any atom is -0.409 e. The van der Waals surface area contributed by atoms with Crippen LogP contribution in [0.15, 0.2) is 5.16 Å². The van der Waals surface area contributed by atoms with Crippen molar-refractivity contribution in [2.45, 2.75) is 54.4 Å². The van der Waals surface area contributed by atoms with Crippen molar-refractivity contribution in [1.82, 2.24) is 5.32 Å². The summed E-state index contributed by atoms with van der Waals surface area (Å²) in [4.78, 5) is 0. The minimum absolute atomic E-state index is 0.232. The van der Waals surface area contributed by atoms with Crippen molar-refractivity contribution in [3.8, 4) is 0 Å². The van der Waals surface area contributed by atoms with E-state index in [0.717, 1.165) is 25.9 Å². The van der Waals surface area contributed by atoms with E-state index in [0.29, 0.717) is 17.2 Å². The summed E-state index contributed by atoms with van der Waals surface area (Å²) >= 11 is 0. The van der Waals surface area contributed by atoms with Crippen LogP contribution < -0.4 is 11.1 Å². The highest BCUT2D eigenvalue weighted by atomic mass is 16.4. The summed E-state index contributed by atoms with van der Waals surface area (Å²) in [5.41, 5.74) is 5.74. The first kappa shape index (κ1) is 17.2. The molecule has 0 atom stereocenters. The lowest BCUT2D eigenvalue weighted by Gasteiger charge is -2.30. The van der Waals surface area contributed by atoms with Crippen LogP contribution in [-0.2, 0) is 0 Å². The quantitative estimate of drug-likeness (QED) is 0.206. The molecule has 0 heterocycles. The van der Waals surface area contributed by atoms with Gasteiger partial charge in [-0.2, -0.15) is 0 Å². The highest BCUT2D eigenvalue weighted by Gasteiger charge is 2.24. The number of hydrogen-bond acceptors (Lipinski definition) is 3. The van der Waals surface area contributed by atoms with E-state index < -0.39 is 0 Å². The van der Waals surface area contributed by atoms with Crippen molar-refractivity contribution in [3.63, 3.8) is 0 Å². The van der Waals surface area contributed by atoms with E-state index in [9.17, 15) is 0 Å². The number of hydrogen-bond donors (Lipinski definition) is 3. The van der Waals surface area contributed by atoms with Gasteiger partial charge in [0.05, 0.1) is 0 Å². The second-order valence-corrected chi connectivity index (χ2v) is 6.79. The summed E-state index contributed by atoms with van der Waals surface area (Å²) in [5.74, 6) is 0.976. The van der Waals surface area contributed by atoms with Gasteiger partial charge in [-0.15, -0.1) is 0 Å². The Morgan fingerprint density at radius 1 is 1.28 bits per heavy atom. The van der Waals surface area contributed by atoms with E-state index >= 15 is 0 Å². The lowest BCUT2D eigenvalue weighted by atomic mass is 9.81.